The van der Waals surface area contributed by atoms with Gasteiger partial charge in [-0.2, -0.15) is 0 Å². The molecular formula is C8H12O2. The molecule has 56 valence electrons. The van der Waals surface area contributed by atoms with Crippen molar-refractivity contribution in [3.8, 4) is 0 Å². The van der Waals surface area contributed by atoms with E-state index in [1.165, 1.54) is 12.8 Å². The monoisotopic (exact) mass is 140 g/mol. The normalized spacial score (nSPS) is 43.1. The Bertz CT molecular complexity index is 165. The third-order valence-corrected chi connectivity index (χ3v) is 2.46. The van der Waals surface area contributed by atoms with Crippen molar-refractivity contribution in [1.82, 2.24) is 0 Å². The van der Waals surface area contributed by atoms with Gasteiger partial charge in [-0.3, -0.25) is 0 Å². The van der Waals surface area contributed by atoms with Gasteiger partial charge in [0.25, 0.3) is 0 Å². The number of hydrogen-bond acceptors (Lipinski definition) is 2. The molecule has 0 spiro atoms. The minimum absolute atomic E-state index is 0.307. The summed E-state index contributed by atoms with van der Waals surface area (Å²) in [5, 5.41) is 0. The van der Waals surface area contributed by atoms with Crippen molar-refractivity contribution in [3.05, 3.63) is 0 Å². The molecule has 0 aromatic carbocycles. The Morgan fingerprint density at radius 2 is 2.40 bits per heavy atom. The number of ketones is 1. The maximum Gasteiger partial charge on any atom is 0.130 e. The number of Topliss-reactive ketones (excluding diaryl/α,β-unsaturated/α-hetero) is 1. The fourth-order valence-corrected chi connectivity index (χ4v) is 1.93. The number of epoxide rings is 1. The molecule has 1 saturated carbocycles. The largest absolute Gasteiger partial charge is 0.369 e. The predicted molar refractivity (Wildman–Crippen MR) is 36.7 cm³/mol. The number of carbonyl (C=O) groups is 1. The summed E-state index contributed by atoms with van der Waals surface area (Å²) in [5.41, 5.74) is 0. The van der Waals surface area contributed by atoms with Gasteiger partial charge in [0.1, 0.15) is 5.78 Å². The minimum Gasteiger partial charge on any atom is -0.369 e. The molecule has 2 heteroatoms. The summed E-state index contributed by atoms with van der Waals surface area (Å²) in [6, 6.07) is 0. The van der Waals surface area contributed by atoms with E-state index < -0.39 is 0 Å². The summed E-state index contributed by atoms with van der Waals surface area (Å²) in [6.45, 7) is 1.66. The Morgan fingerprint density at radius 1 is 1.60 bits per heavy atom. The Labute approximate surface area is 60.6 Å². The summed E-state index contributed by atoms with van der Waals surface area (Å²) in [6.07, 6.45) is 4.12. The number of carbonyl (C=O) groups excluding carboxylic acids is 1. The van der Waals surface area contributed by atoms with Gasteiger partial charge in [0.2, 0.25) is 0 Å². The lowest BCUT2D eigenvalue weighted by molar-refractivity contribution is -0.118. The highest BCUT2D eigenvalue weighted by molar-refractivity contribution is 5.75. The van der Waals surface area contributed by atoms with Gasteiger partial charge in [-0.15, -0.1) is 0 Å². The maximum absolute atomic E-state index is 10.7. The Hall–Kier alpha value is -0.370. The Kier molecular flexibility index (Phi) is 1.31. The van der Waals surface area contributed by atoms with Crippen LogP contribution in [0.3, 0.4) is 0 Å². The van der Waals surface area contributed by atoms with Gasteiger partial charge in [0, 0.05) is 6.42 Å². The molecule has 2 fully saturated rings. The van der Waals surface area contributed by atoms with Crippen molar-refractivity contribution in [2.45, 2.75) is 38.4 Å². The fraction of sp³-hybridized carbons (Fsp3) is 0.875. The van der Waals surface area contributed by atoms with E-state index in [0.29, 0.717) is 23.9 Å². The molecule has 0 bridgehead atoms. The van der Waals surface area contributed by atoms with Crippen LogP contribution in [-0.4, -0.2) is 18.0 Å². The molecular weight excluding hydrogens is 128 g/mol. The van der Waals surface area contributed by atoms with Gasteiger partial charge in [0.15, 0.2) is 0 Å². The van der Waals surface area contributed by atoms with Crippen LogP contribution >= 0.6 is 0 Å². The molecule has 0 aromatic rings. The molecule has 0 amide bonds. The lowest BCUT2D eigenvalue weighted by atomic mass is 10.0. The highest BCUT2D eigenvalue weighted by Gasteiger charge is 2.49. The van der Waals surface area contributed by atoms with Crippen LogP contribution in [0.15, 0.2) is 0 Å². The van der Waals surface area contributed by atoms with E-state index in [2.05, 4.69) is 0 Å². The second kappa shape index (κ2) is 2.06. The maximum atomic E-state index is 10.7. The molecule has 1 aliphatic heterocycles. The summed E-state index contributed by atoms with van der Waals surface area (Å²) in [4.78, 5) is 10.7. The van der Waals surface area contributed by atoms with E-state index in [4.69, 9.17) is 4.74 Å². The van der Waals surface area contributed by atoms with E-state index in [0.717, 1.165) is 6.42 Å². The van der Waals surface area contributed by atoms with Crippen LogP contribution in [0.4, 0.5) is 0 Å². The van der Waals surface area contributed by atoms with E-state index >= 15 is 0 Å². The summed E-state index contributed by atoms with van der Waals surface area (Å²) < 4.78 is 5.31. The first-order chi connectivity index (χ1) is 4.77. The number of fused-ring (bicyclic) bond motifs is 1. The van der Waals surface area contributed by atoms with Crippen molar-refractivity contribution >= 4 is 5.78 Å². The molecule has 1 saturated heterocycles. The molecule has 0 radical (unpaired) electrons. The van der Waals surface area contributed by atoms with Crippen LogP contribution in [0.1, 0.15) is 26.2 Å². The summed E-state index contributed by atoms with van der Waals surface area (Å²) in [7, 11) is 0. The van der Waals surface area contributed by atoms with Gasteiger partial charge < -0.3 is 9.53 Å². The molecule has 0 aromatic heterocycles. The molecule has 1 aliphatic carbocycles. The van der Waals surface area contributed by atoms with Crippen LogP contribution in [0.25, 0.3) is 0 Å². The molecule has 3 unspecified atom stereocenters. The van der Waals surface area contributed by atoms with Crippen molar-refractivity contribution < 1.29 is 9.53 Å². The molecule has 10 heavy (non-hydrogen) atoms. The highest BCUT2D eigenvalue weighted by Crippen LogP contribution is 2.44. The predicted octanol–water partition coefficient (Wildman–Crippen LogP) is 1.14. The Morgan fingerprint density at radius 3 is 2.80 bits per heavy atom. The number of rotatable bonds is 2. The van der Waals surface area contributed by atoms with Crippen molar-refractivity contribution in [2.24, 2.45) is 5.92 Å². The first-order valence-corrected chi connectivity index (χ1v) is 3.92. The van der Waals surface area contributed by atoms with E-state index in [1.54, 1.807) is 6.92 Å². The average molecular weight is 140 g/mol. The quantitative estimate of drug-likeness (QED) is 0.538. The SMILES string of the molecule is CC(=O)CC1CCC2OC12. The summed E-state index contributed by atoms with van der Waals surface area (Å²) in [5.74, 6) is 0.864. The highest BCUT2D eigenvalue weighted by atomic mass is 16.6. The second-order valence-electron chi connectivity index (χ2n) is 3.38. The van der Waals surface area contributed by atoms with Crippen LogP contribution < -0.4 is 0 Å². The zero-order valence-electron chi connectivity index (χ0n) is 6.17. The minimum atomic E-state index is 0.307. The third kappa shape index (κ3) is 0.966. The molecule has 3 atom stereocenters. The zero-order valence-corrected chi connectivity index (χ0v) is 6.17. The van der Waals surface area contributed by atoms with Gasteiger partial charge >= 0.3 is 0 Å². The number of hydrogen-bond donors (Lipinski definition) is 0. The van der Waals surface area contributed by atoms with Gasteiger partial charge in [-0.1, -0.05) is 0 Å². The lowest BCUT2D eigenvalue weighted by Gasteiger charge is -2.05. The van der Waals surface area contributed by atoms with Crippen molar-refractivity contribution in [2.75, 3.05) is 0 Å². The van der Waals surface area contributed by atoms with Crippen LogP contribution in [0, 0.1) is 5.92 Å². The first kappa shape index (κ1) is 6.35. The van der Waals surface area contributed by atoms with Crippen LogP contribution in [-0.2, 0) is 9.53 Å². The smallest absolute Gasteiger partial charge is 0.130 e. The Balaban J connectivity index is 1.88. The average Bonchev–Trinajstić information content (AvgIpc) is 2.52. The third-order valence-electron chi connectivity index (χ3n) is 2.46. The first-order valence-electron chi connectivity index (χ1n) is 3.92. The molecule has 2 rings (SSSR count). The summed E-state index contributed by atoms with van der Waals surface area (Å²) >= 11 is 0. The second-order valence-corrected chi connectivity index (χ2v) is 3.38. The van der Waals surface area contributed by atoms with Crippen LogP contribution in [0.5, 0.6) is 0 Å². The van der Waals surface area contributed by atoms with Crippen molar-refractivity contribution in [3.63, 3.8) is 0 Å². The molecule has 0 N–H and O–H groups in total. The topological polar surface area (TPSA) is 29.6 Å². The fourth-order valence-electron chi connectivity index (χ4n) is 1.93. The van der Waals surface area contributed by atoms with E-state index in [9.17, 15) is 4.79 Å². The zero-order chi connectivity index (χ0) is 7.14. The van der Waals surface area contributed by atoms with E-state index in [-0.39, 0.29) is 0 Å². The molecule has 1 heterocycles. The standard InChI is InChI=1S/C8H12O2/c1-5(9)4-6-2-3-7-8(6)10-7/h6-8H,2-4H2,1H3. The van der Waals surface area contributed by atoms with Crippen LogP contribution in [0.2, 0.25) is 0 Å². The number of ether oxygens (including phenoxy) is 1. The van der Waals surface area contributed by atoms with E-state index in [1.807, 2.05) is 0 Å². The lowest BCUT2D eigenvalue weighted by Crippen LogP contribution is -2.08. The van der Waals surface area contributed by atoms with Gasteiger partial charge in [-0.05, 0) is 25.7 Å². The molecule has 2 nitrogen and oxygen atoms in total. The van der Waals surface area contributed by atoms with Crippen molar-refractivity contribution in [1.29, 1.82) is 0 Å². The van der Waals surface area contributed by atoms with Gasteiger partial charge in [0.05, 0.1) is 12.2 Å². The molecule has 2 aliphatic rings. The van der Waals surface area contributed by atoms with Gasteiger partial charge in [-0.25, -0.2) is 0 Å².